The molecule has 2 rings (SSSR count). The lowest BCUT2D eigenvalue weighted by atomic mass is 10.0. The molecule has 0 nitrogen and oxygen atoms in total. The van der Waals surface area contributed by atoms with Gasteiger partial charge in [0.15, 0.2) is 0 Å². The average Bonchev–Trinajstić information content (AvgIpc) is 2.15. The van der Waals surface area contributed by atoms with Crippen LogP contribution in [-0.4, -0.2) is 0 Å². The molecule has 2 aromatic rings. The highest BCUT2D eigenvalue weighted by molar-refractivity contribution is 6.36. The Hall–Kier alpha value is -0.980. The molecule has 0 saturated heterocycles. The van der Waals surface area contributed by atoms with Crippen molar-refractivity contribution >= 4 is 23.2 Å². The maximum Gasteiger partial charge on any atom is 0.0499 e. The normalized spacial score (nSPS) is 10.5. The van der Waals surface area contributed by atoms with Crippen LogP contribution in [0.1, 0.15) is 11.1 Å². The molecule has 2 heteroatoms. The topological polar surface area (TPSA) is 0 Å². The van der Waals surface area contributed by atoms with Crippen molar-refractivity contribution < 1.29 is 0 Å². The van der Waals surface area contributed by atoms with Gasteiger partial charge in [0.25, 0.3) is 0 Å². The lowest BCUT2D eigenvalue weighted by molar-refractivity contribution is 1.38. The molecule has 0 aliphatic rings. The van der Waals surface area contributed by atoms with Gasteiger partial charge in [-0.25, -0.2) is 0 Å². The zero-order valence-corrected chi connectivity index (χ0v) is 10.7. The van der Waals surface area contributed by atoms with E-state index in [2.05, 4.69) is 32.0 Å². The van der Waals surface area contributed by atoms with Gasteiger partial charge in [-0.1, -0.05) is 58.6 Å². The van der Waals surface area contributed by atoms with E-state index in [1.807, 2.05) is 12.1 Å². The van der Waals surface area contributed by atoms with E-state index in [-0.39, 0.29) is 0 Å². The van der Waals surface area contributed by atoms with Crippen LogP contribution in [0.2, 0.25) is 10.0 Å². The van der Waals surface area contributed by atoms with Gasteiger partial charge < -0.3 is 0 Å². The van der Waals surface area contributed by atoms with E-state index in [1.165, 1.54) is 11.1 Å². The zero-order chi connectivity index (χ0) is 11.7. The van der Waals surface area contributed by atoms with Crippen LogP contribution in [0.3, 0.4) is 0 Å². The lowest BCUT2D eigenvalue weighted by Gasteiger charge is -2.07. The first-order chi connectivity index (χ1) is 7.56. The summed E-state index contributed by atoms with van der Waals surface area (Å²) < 4.78 is 0. The summed E-state index contributed by atoms with van der Waals surface area (Å²) in [6, 6.07) is 12.0. The first-order valence-electron chi connectivity index (χ1n) is 5.10. The van der Waals surface area contributed by atoms with Crippen molar-refractivity contribution in [2.24, 2.45) is 0 Å². The minimum absolute atomic E-state index is 0.665. The van der Waals surface area contributed by atoms with E-state index in [0.717, 1.165) is 11.1 Å². The molecule has 0 aromatic heterocycles. The van der Waals surface area contributed by atoms with Crippen LogP contribution in [0.5, 0.6) is 0 Å². The first-order valence-corrected chi connectivity index (χ1v) is 5.85. The van der Waals surface area contributed by atoms with Crippen LogP contribution in [-0.2, 0) is 0 Å². The fraction of sp³-hybridized carbons (Fsp3) is 0.143. The number of aryl methyl sites for hydroxylation is 2. The van der Waals surface area contributed by atoms with Gasteiger partial charge in [-0.2, -0.15) is 0 Å². The number of hydrogen-bond acceptors (Lipinski definition) is 0. The van der Waals surface area contributed by atoms with E-state index in [0.29, 0.717) is 10.0 Å². The van der Waals surface area contributed by atoms with Crippen LogP contribution < -0.4 is 0 Å². The van der Waals surface area contributed by atoms with Crippen molar-refractivity contribution in [1.29, 1.82) is 0 Å². The van der Waals surface area contributed by atoms with Gasteiger partial charge in [0, 0.05) is 15.6 Å². The standard InChI is InChI=1S/C14H12Cl2/c1-9-5-10(2)7-11(6-9)13-4-3-12(15)8-14(13)16/h3-8H,1-2H3. The summed E-state index contributed by atoms with van der Waals surface area (Å²) in [6.45, 7) is 4.17. The molecule has 82 valence electrons. The van der Waals surface area contributed by atoms with E-state index < -0.39 is 0 Å². The summed E-state index contributed by atoms with van der Waals surface area (Å²) in [7, 11) is 0. The SMILES string of the molecule is Cc1cc(C)cc(-c2ccc(Cl)cc2Cl)c1. The highest BCUT2D eigenvalue weighted by atomic mass is 35.5. The largest absolute Gasteiger partial charge is 0.0843 e. The molecule has 0 amide bonds. The Labute approximate surface area is 106 Å². The minimum atomic E-state index is 0.665. The highest BCUT2D eigenvalue weighted by Gasteiger charge is 2.05. The average molecular weight is 251 g/mol. The number of rotatable bonds is 1. The van der Waals surface area contributed by atoms with E-state index in [4.69, 9.17) is 23.2 Å². The summed E-state index contributed by atoms with van der Waals surface area (Å²) >= 11 is 12.1. The fourth-order valence-corrected chi connectivity index (χ4v) is 2.37. The minimum Gasteiger partial charge on any atom is -0.0843 e. The molecule has 0 aliphatic carbocycles. The molecule has 0 aliphatic heterocycles. The van der Waals surface area contributed by atoms with Crippen LogP contribution in [0, 0.1) is 13.8 Å². The van der Waals surface area contributed by atoms with E-state index in [1.54, 1.807) is 6.07 Å². The van der Waals surface area contributed by atoms with Crippen LogP contribution in [0.25, 0.3) is 11.1 Å². The van der Waals surface area contributed by atoms with Crippen molar-refractivity contribution in [2.75, 3.05) is 0 Å². The summed E-state index contributed by atoms with van der Waals surface area (Å²) in [6.07, 6.45) is 0. The predicted octanol–water partition coefficient (Wildman–Crippen LogP) is 5.28. The smallest absolute Gasteiger partial charge is 0.0499 e. The summed E-state index contributed by atoms with van der Waals surface area (Å²) in [5.41, 5.74) is 4.64. The van der Waals surface area contributed by atoms with Crippen molar-refractivity contribution in [3.8, 4) is 11.1 Å². The van der Waals surface area contributed by atoms with Crippen LogP contribution >= 0.6 is 23.2 Å². The van der Waals surface area contributed by atoms with Gasteiger partial charge in [-0.15, -0.1) is 0 Å². The molecular formula is C14H12Cl2. The zero-order valence-electron chi connectivity index (χ0n) is 9.22. The summed E-state index contributed by atoms with van der Waals surface area (Å²) in [5.74, 6) is 0. The van der Waals surface area contributed by atoms with Crippen LogP contribution in [0.15, 0.2) is 36.4 Å². The van der Waals surface area contributed by atoms with Crippen molar-refractivity contribution in [3.05, 3.63) is 57.6 Å². The molecule has 0 saturated carbocycles. The monoisotopic (exact) mass is 250 g/mol. The third-order valence-electron chi connectivity index (χ3n) is 2.46. The number of hydrogen-bond donors (Lipinski definition) is 0. The summed E-state index contributed by atoms with van der Waals surface area (Å²) in [4.78, 5) is 0. The molecule has 0 atom stereocenters. The molecule has 0 bridgehead atoms. The Morgan fingerprint density at radius 1 is 0.812 bits per heavy atom. The quantitative estimate of drug-likeness (QED) is 0.647. The Morgan fingerprint density at radius 3 is 2.00 bits per heavy atom. The molecular weight excluding hydrogens is 239 g/mol. The van der Waals surface area contributed by atoms with Gasteiger partial charge in [0.1, 0.15) is 0 Å². The van der Waals surface area contributed by atoms with Crippen LogP contribution in [0.4, 0.5) is 0 Å². The number of benzene rings is 2. The second kappa shape index (κ2) is 4.48. The van der Waals surface area contributed by atoms with Crippen molar-refractivity contribution in [1.82, 2.24) is 0 Å². The lowest BCUT2D eigenvalue weighted by Crippen LogP contribution is -1.84. The number of halogens is 2. The third-order valence-corrected chi connectivity index (χ3v) is 3.01. The molecule has 16 heavy (non-hydrogen) atoms. The molecule has 0 radical (unpaired) electrons. The van der Waals surface area contributed by atoms with Gasteiger partial charge >= 0.3 is 0 Å². The van der Waals surface area contributed by atoms with Gasteiger partial charge in [0.05, 0.1) is 0 Å². The first kappa shape index (κ1) is 11.5. The molecule has 0 heterocycles. The predicted molar refractivity (Wildman–Crippen MR) is 71.4 cm³/mol. The molecule has 0 fully saturated rings. The molecule has 0 spiro atoms. The van der Waals surface area contributed by atoms with Crippen molar-refractivity contribution in [3.63, 3.8) is 0 Å². The Kier molecular flexibility index (Phi) is 3.22. The van der Waals surface area contributed by atoms with E-state index >= 15 is 0 Å². The van der Waals surface area contributed by atoms with Crippen molar-refractivity contribution in [2.45, 2.75) is 13.8 Å². The maximum atomic E-state index is 6.18. The molecule has 0 N–H and O–H groups in total. The van der Waals surface area contributed by atoms with E-state index in [9.17, 15) is 0 Å². The van der Waals surface area contributed by atoms with Gasteiger partial charge in [-0.05, 0) is 31.5 Å². The second-order valence-corrected chi connectivity index (χ2v) is 4.84. The second-order valence-electron chi connectivity index (χ2n) is 4.00. The summed E-state index contributed by atoms with van der Waals surface area (Å²) in [5, 5.41) is 1.36. The Bertz CT molecular complexity index is 510. The molecule has 0 unspecified atom stereocenters. The Morgan fingerprint density at radius 2 is 1.44 bits per heavy atom. The van der Waals surface area contributed by atoms with Gasteiger partial charge in [-0.3, -0.25) is 0 Å². The molecule has 2 aromatic carbocycles. The Balaban J connectivity index is 2.58. The van der Waals surface area contributed by atoms with Gasteiger partial charge in [0.2, 0.25) is 0 Å². The maximum absolute atomic E-state index is 6.18. The fourth-order valence-electron chi connectivity index (χ4n) is 1.85. The third kappa shape index (κ3) is 2.40. The highest BCUT2D eigenvalue weighted by Crippen LogP contribution is 2.31.